The molecule has 2 aromatic carbocycles. The fraction of sp³-hybridized carbons (Fsp3) is 0.481. The second kappa shape index (κ2) is 11.2. The molecule has 4 rings (SSSR count). The van der Waals surface area contributed by atoms with Crippen molar-refractivity contribution in [1.29, 1.82) is 0 Å². The topological polar surface area (TPSA) is 70.7 Å². The molecular formula is C27H35N3O3S. The van der Waals surface area contributed by atoms with Crippen LogP contribution in [-0.4, -0.2) is 41.8 Å². The molecule has 182 valence electrons. The summed E-state index contributed by atoms with van der Waals surface area (Å²) in [5, 5.41) is 6.06. The van der Waals surface area contributed by atoms with E-state index in [1.807, 2.05) is 56.3 Å². The van der Waals surface area contributed by atoms with Crippen LogP contribution in [0.1, 0.15) is 60.6 Å². The number of aryl methyl sites for hydroxylation is 2. The van der Waals surface area contributed by atoms with Crippen LogP contribution in [0.5, 0.6) is 5.75 Å². The summed E-state index contributed by atoms with van der Waals surface area (Å²) in [7, 11) is 1.64. The number of hydrogen-bond donors (Lipinski definition) is 2. The van der Waals surface area contributed by atoms with Crippen molar-refractivity contribution in [3.05, 3.63) is 59.2 Å². The number of ether oxygens (including phenoxy) is 1. The molecule has 3 amide bonds. The Bertz CT molecular complexity index is 1000. The lowest BCUT2D eigenvalue weighted by Gasteiger charge is -2.30. The van der Waals surface area contributed by atoms with Crippen LogP contribution in [0.25, 0.3) is 0 Å². The molecule has 34 heavy (non-hydrogen) atoms. The lowest BCUT2D eigenvalue weighted by molar-refractivity contribution is -0.125. The van der Waals surface area contributed by atoms with E-state index in [0.29, 0.717) is 5.75 Å². The number of urea groups is 1. The summed E-state index contributed by atoms with van der Waals surface area (Å²) in [5.41, 5.74) is 4.00. The second-order valence-corrected chi connectivity index (χ2v) is 10.4. The minimum absolute atomic E-state index is 0.0503. The number of methoxy groups -OCH3 is 1. The van der Waals surface area contributed by atoms with Gasteiger partial charge in [0.25, 0.3) is 0 Å². The Morgan fingerprint density at radius 1 is 0.971 bits per heavy atom. The van der Waals surface area contributed by atoms with Crippen molar-refractivity contribution in [3.63, 3.8) is 0 Å². The smallest absolute Gasteiger partial charge is 0.323 e. The number of anilines is 1. The van der Waals surface area contributed by atoms with Gasteiger partial charge in [-0.1, -0.05) is 43.9 Å². The molecule has 1 heterocycles. The summed E-state index contributed by atoms with van der Waals surface area (Å²) < 4.78 is 5.30. The molecule has 0 spiro atoms. The molecule has 2 aromatic rings. The number of hydrogen-bond acceptors (Lipinski definition) is 4. The maximum atomic E-state index is 13.6. The monoisotopic (exact) mass is 481 g/mol. The summed E-state index contributed by atoms with van der Waals surface area (Å²) in [4.78, 5) is 28.7. The first kappa shape index (κ1) is 24.5. The lowest BCUT2D eigenvalue weighted by atomic mass is 10.1. The van der Waals surface area contributed by atoms with Gasteiger partial charge in [0.1, 0.15) is 17.2 Å². The molecule has 1 saturated heterocycles. The van der Waals surface area contributed by atoms with Gasteiger partial charge >= 0.3 is 6.03 Å². The van der Waals surface area contributed by atoms with E-state index >= 15 is 0 Å². The third-order valence-corrected chi connectivity index (χ3v) is 8.22. The third kappa shape index (κ3) is 5.69. The predicted octanol–water partition coefficient (Wildman–Crippen LogP) is 5.80. The zero-order valence-corrected chi connectivity index (χ0v) is 21.1. The zero-order chi connectivity index (χ0) is 24.1. The van der Waals surface area contributed by atoms with Crippen LogP contribution in [-0.2, 0) is 4.79 Å². The standard InChI is InChI=1S/C27H35N3O3S/c1-18-10-13-22(16-19(18)2)29-27(32)30-24(25(31)28-21-8-6-4-5-7-9-21)17-34-26(30)20-11-14-23(33-3)15-12-20/h10-16,21,24,26H,4-9,17H2,1-3H3,(H,28,31)(H,29,32)/t24-,26-/m1/s1. The van der Waals surface area contributed by atoms with E-state index in [1.54, 1.807) is 23.8 Å². The average Bonchev–Trinajstić information content (AvgIpc) is 3.13. The molecule has 2 fully saturated rings. The lowest BCUT2D eigenvalue weighted by Crippen LogP contribution is -2.51. The number of rotatable bonds is 5. The first-order valence-corrected chi connectivity index (χ1v) is 13.2. The molecule has 0 radical (unpaired) electrons. The quantitative estimate of drug-likeness (QED) is 0.530. The fourth-order valence-corrected chi connectivity index (χ4v) is 6.14. The van der Waals surface area contributed by atoms with Gasteiger partial charge in [0, 0.05) is 17.5 Å². The van der Waals surface area contributed by atoms with Gasteiger partial charge in [0.15, 0.2) is 0 Å². The van der Waals surface area contributed by atoms with Crippen LogP contribution in [0.2, 0.25) is 0 Å². The van der Waals surface area contributed by atoms with Crippen LogP contribution < -0.4 is 15.4 Å². The molecule has 7 heteroatoms. The van der Waals surface area contributed by atoms with Crippen molar-refractivity contribution < 1.29 is 14.3 Å². The van der Waals surface area contributed by atoms with Crippen molar-refractivity contribution in [1.82, 2.24) is 10.2 Å². The van der Waals surface area contributed by atoms with E-state index in [0.717, 1.165) is 48.2 Å². The van der Waals surface area contributed by atoms with Gasteiger partial charge in [-0.25, -0.2) is 4.79 Å². The van der Waals surface area contributed by atoms with Crippen LogP contribution >= 0.6 is 11.8 Å². The van der Waals surface area contributed by atoms with Gasteiger partial charge in [-0.3, -0.25) is 9.69 Å². The van der Waals surface area contributed by atoms with Crippen molar-refractivity contribution in [2.24, 2.45) is 0 Å². The Hall–Kier alpha value is -2.67. The Balaban J connectivity index is 1.56. The van der Waals surface area contributed by atoms with E-state index in [-0.39, 0.29) is 23.4 Å². The third-order valence-electron chi connectivity index (χ3n) is 6.90. The molecular weight excluding hydrogens is 446 g/mol. The SMILES string of the molecule is COc1ccc([C@H]2SC[C@H](C(=O)NC3CCCCCC3)N2C(=O)Nc2ccc(C)c(C)c2)cc1. The maximum absolute atomic E-state index is 13.6. The minimum Gasteiger partial charge on any atom is -0.497 e. The van der Waals surface area contributed by atoms with E-state index in [2.05, 4.69) is 10.6 Å². The molecule has 2 aliphatic rings. The van der Waals surface area contributed by atoms with Gasteiger partial charge in [0.05, 0.1) is 7.11 Å². The van der Waals surface area contributed by atoms with Gasteiger partial charge in [-0.05, 0) is 67.6 Å². The van der Waals surface area contributed by atoms with Gasteiger partial charge in [-0.15, -0.1) is 11.8 Å². The van der Waals surface area contributed by atoms with Crippen LogP contribution in [0.15, 0.2) is 42.5 Å². The fourth-order valence-electron chi connectivity index (χ4n) is 4.71. The first-order valence-electron chi connectivity index (χ1n) is 12.2. The molecule has 0 unspecified atom stereocenters. The molecule has 2 N–H and O–H groups in total. The number of nitrogens with one attached hydrogen (secondary N) is 2. The summed E-state index contributed by atoms with van der Waals surface area (Å²) in [6.07, 6.45) is 6.79. The molecule has 0 bridgehead atoms. The first-order chi connectivity index (χ1) is 16.5. The highest BCUT2D eigenvalue weighted by molar-refractivity contribution is 7.99. The van der Waals surface area contributed by atoms with Gasteiger partial charge in [-0.2, -0.15) is 0 Å². The van der Waals surface area contributed by atoms with Crippen molar-refractivity contribution >= 4 is 29.4 Å². The van der Waals surface area contributed by atoms with Crippen molar-refractivity contribution in [2.75, 3.05) is 18.2 Å². The Labute approximate surface area is 206 Å². The van der Waals surface area contributed by atoms with Gasteiger partial charge in [0.2, 0.25) is 5.91 Å². The molecule has 0 aromatic heterocycles. The summed E-state index contributed by atoms with van der Waals surface area (Å²) in [6, 6.07) is 13.0. The molecule has 6 nitrogen and oxygen atoms in total. The second-order valence-electron chi connectivity index (χ2n) is 9.31. The summed E-state index contributed by atoms with van der Waals surface area (Å²) in [5.74, 6) is 1.28. The highest BCUT2D eigenvalue weighted by Gasteiger charge is 2.43. The molecule has 1 aliphatic carbocycles. The summed E-state index contributed by atoms with van der Waals surface area (Å²) >= 11 is 1.63. The predicted molar refractivity (Wildman–Crippen MR) is 138 cm³/mol. The highest BCUT2D eigenvalue weighted by Crippen LogP contribution is 2.42. The van der Waals surface area contributed by atoms with E-state index < -0.39 is 6.04 Å². The molecule has 1 aliphatic heterocycles. The summed E-state index contributed by atoms with van der Waals surface area (Å²) in [6.45, 7) is 4.07. The molecule has 2 atom stereocenters. The largest absolute Gasteiger partial charge is 0.497 e. The van der Waals surface area contributed by atoms with Crippen molar-refractivity contribution in [2.45, 2.75) is 69.8 Å². The van der Waals surface area contributed by atoms with E-state index in [9.17, 15) is 9.59 Å². The van der Waals surface area contributed by atoms with Crippen LogP contribution in [0.4, 0.5) is 10.5 Å². The Kier molecular flexibility index (Phi) is 8.03. The van der Waals surface area contributed by atoms with Crippen molar-refractivity contribution in [3.8, 4) is 5.75 Å². The number of carbonyl (C=O) groups excluding carboxylic acids is 2. The Morgan fingerprint density at radius 2 is 1.68 bits per heavy atom. The number of benzene rings is 2. The van der Waals surface area contributed by atoms with Gasteiger partial charge < -0.3 is 15.4 Å². The number of carbonyl (C=O) groups is 2. The number of nitrogens with zero attached hydrogens (tertiary/aromatic N) is 1. The number of amides is 3. The number of thioether (sulfide) groups is 1. The normalized spacial score (nSPS) is 21.1. The zero-order valence-electron chi connectivity index (χ0n) is 20.3. The van der Waals surface area contributed by atoms with E-state index in [4.69, 9.17) is 4.74 Å². The highest BCUT2D eigenvalue weighted by atomic mass is 32.2. The minimum atomic E-state index is -0.521. The van der Waals surface area contributed by atoms with Crippen LogP contribution in [0, 0.1) is 13.8 Å². The van der Waals surface area contributed by atoms with Crippen LogP contribution in [0.3, 0.4) is 0 Å². The van der Waals surface area contributed by atoms with E-state index in [1.165, 1.54) is 18.4 Å². The Morgan fingerprint density at radius 3 is 2.32 bits per heavy atom. The average molecular weight is 482 g/mol. The molecule has 1 saturated carbocycles. The maximum Gasteiger partial charge on any atom is 0.323 e.